The Balaban J connectivity index is 1.18. The molecule has 0 spiro atoms. The highest BCUT2D eigenvalue weighted by Gasteiger charge is 2.28. The fourth-order valence-electron chi connectivity index (χ4n) is 7.43. The van der Waals surface area contributed by atoms with Gasteiger partial charge in [-0.25, -0.2) is 4.99 Å². The molecule has 0 saturated heterocycles. The molecule has 2 unspecified atom stereocenters. The van der Waals surface area contributed by atoms with Gasteiger partial charge in [0.2, 0.25) is 5.96 Å². The van der Waals surface area contributed by atoms with E-state index in [1.165, 1.54) is 53.2 Å². The van der Waals surface area contributed by atoms with Crippen LogP contribution in [-0.4, -0.2) is 10.5 Å². The molecule has 0 saturated carbocycles. The van der Waals surface area contributed by atoms with Crippen molar-refractivity contribution in [3.8, 4) is 22.3 Å². The second-order valence-electron chi connectivity index (χ2n) is 12.9. The third-order valence-corrected chi connectivity index (χ3v) is 11.0. The molecular weight excluding hydrogens is 629 g/mol. The van der Waals surface area contributed by atoms with Crippen LogP contribution in [0.4, 0.5) is 0 Å². The molecule has 1 aliphatic rings. The van der Waals surface area contributed by atoms with Crippen molar-refractivity contribution in [1.82, 2.24) is 15.2 Å². The average molecular weight is 661 g/mol. The minimum atomic E-state index is -0.259. The van der Waals surface area contributed by atoms with Crippen LogP contribution in [0.3, 0.4) is 0 Å². The van der Waals surface area contributed by atoms with Crippen LogP contribution in [0.15, 0.2) is 175 Å². The number of fused-ring (bicyclic) bond motifs is 6. The van der Waals surface area contributed by atoms with Crippen molar-refractivity contribution >= 4 is 59.3 Å². The number of thiophene rings is 1. The fourth-order valence-corrected chi connectivity index (χ4v) is 8.58. The molecule has 5 heteroatoms. The van der Waals surface area contributed by atoms with Crippen LogP contribution in [0.1, 0.15) is 23.5 Å². The topological polar surface area (TPSA) is 41.4 Å². The number of aromatic nitrogens is 1. The zero-order chi connectivity index (χ0) is 33.0. The summed E-state index contributed by atoms with van der Waals surface area (Å²) in [6, 6.07) is 61.0. The average Bonchev–Trinajstić information content (AvgIpc) is 3.73. The Morgan fingerprint density at radius 3 is 1.70 bits per heavy atom. The largest absolute Gasteiger partial charge is 0.336 e. The predicted molar refractivity (Wildman–Crippen MR) is 211 cm³/mol. The lowest BCUT2D eigenvalue weighted by atomic mass is 10.0. The van der Waals surface area contributed by atoms with E-state index in [0.29, 0.717) is 0 Å². The third kappa shape index (κ3) is 4.90. The van der Waals surface area contributed by atoms with E-state index in [9.17, 15) is 0 Å². The molecule has 1 aliphatic heterocycles. The van der Waals surface area contributed by atoms with E-state index in [2.05, 4.69) is 185 Å². The molecule has 2 N–H and O–H groups in total. The van der Waals surface area contributed by atoms with Crippen LogP contribution in [0.5, 0.6) is 0 Å². The lowest BCUT2D eigenvalue weighted by molar-refractivity contribution is 0.403. The minimum Gasteiger partial charge on any atom is -0.336 e. The molecule has 0 amide bonds. The van der Waals surface area contributed by atoms with Crippen LogP contribution in [0.2, 0.25) is 0 Å². The maximum Gasteiger partial charge on any atom is 0.206 e. The first-order chi connectivity index (χ1) is 24.8. The van der Waals surface area contributed by atoms with Gasteiger partial charge in [-0.2, -0.15) is 0 Å². The normalized spacial score (nSPS) is 16.2. The second kappa shape index (κ2) is 11.8. The van der Waals surface area contributed by atoms with E-state index in [-0.39, 0.29) is 12.3 Å². The third-order valence-electron chi connectivity index (χ3n) is 9.89. The van der Waals surface area contributed by atoms with Crippen molar-refractivity contribution in [2.24, 2.45) is 4.99 Å². The van der Waals surface area contributed by atoms with Crippen molar-refractivity contribution < 1.29 is 0 Å². The van der Waals surface area contributed by atoms with Gasteiger partial charge in [0.1, 0.15) is 12.3 Å². The van der Waals surface area contributed by atoms with Crippen molar-refractivity contribution in [3.63, 3.8) is 0 Å². The molecule has 3 heterocycles. The van der Waals surface area contributed by atoms with Gasteiger partial charge in [-0.3, -0.25) is 9.88 Å². The SMILES string of the molecule is c1ccc(-c2ccc3c(c2)c2cc(-c4ccccc4)ccc2n3C2=NC(c3ccc4c(c3)sc3ccccc34)NC(c3ccccc3)N2)cc1. The zero-order valence-corrected chi connectivity index (χ0v) is 27.9. The van der Waals surface area contributed by atoms with Gasteiger partial charge in [-0.1, -0.05) is 133 Å². The van der Waals surface area contributed by atoms with Gasteiger partial charge < -0.3 is 5.32 Å². The predicted octanol–water partition coefficient (Wildman–Crippen LogP) is 11.3. The molecule has 2 aromatic heterocycles. The summed E-state index contributed by atoms with van der Waals surface area (Å²) in [5.74, 6) is 0.818. The molecule has 50 heavy (non-hydrogen) atoms. The van der Waals surface area contributed by atoms with E-state index in [1.807, 2.05) is 11.3 Å². The fraction of sp³-hybridized carbons (Fsp3) is 0.0444. The first-order valence-electron chi connectivity index (χ1n) is 17.0. The number of aliphatic imine (C=N–C) groups is 1. The van der Waals surface area contributed by atoms with Crippen LogP contribution in [0.25, 0.3) is 64.2 Å². The zero-order valence-electron chi connectivity index (χ0n) is 27.1. The van der Waals surface area contributed by atoms with E-state index in [1.54, 1.807) is 0 Å². The van der Waals surface area contributed by atoms with Gasteiger partial charge in [-0.05, 0) is 69.8 Å². The lowest BCUT2D eigenvalue weighted by Gasteiger charge is -2.32. The summed E-state index contributed by atoms with van der Waals surface area (Å²) in [7, 11) is 0. The number of nitrogens with zero attached hydrogens (tertiary/aromatic N) is 2. The first-order valence-corrected chi connectivity index (χ1v) is 17.8. The van der Waals surface area contributed by atoms with E-state index < -0.39 is 0 Å². The molecule has 0 fully saturated rings. The number of hydrogen-bond acceptors (Lipinski definition) is 4. The molecule has 10 rings (SSSR count). The van der Waals surface area contributed by atoms with Crippen molar-refractivity contribution in [1.29, 1.82) is 0 Å². The maximum absolute atomic E-state index is 5.45. The Morgan fingerprint density at radius 2 is 1.04 bits per heavy atom. The van der Waals surface area contributed by atoms with E-state index in [4.69, 9.17) is 4.99 Å². The molecule has 9 aromatic rings. The lowest BCUT2D eigenvalue weighted by Crippen LogP contribution is -2.47. The Labute approximate surface area is 294 Å². The van der Waals surface area contributed by atoms with Crippen molar-refractivity contribution in [2.75, 3.05) is 0 Å². The molecule has 0 aliphatic carbocycles. The van der Waals surface area contributed by atoms with Crippen LogP contribution < -0.4 is 10.6 Å². The molecular formula is C45H32N4S. The molecule has 2 atom stereocenters. The van der Waals surface area contributed by atoms with E-state index in [0.717, 1.165) is 28.1 Å². The quantitative estimate of drug-likeness (QED) is 0.197. The Kier molecular flexibility index (Phi) is 6.86. The molecule has 0 radical (unpaired) electrons. The van der Waals surface area contributed by atoms with Gasteiger partial charge >= 0.3 is 0 Å². The van der Waals surface area contributed by atoms with Gasteiger partial charge in [0.05, 0.1) is 11.0 Å². The van der Waals surface area contributed by atoms with Gasteiger partial charge in [0.25, 0.3) is 0 Å². The van der Waals surface area contributed by atoms with E-state index >= 15 is 0 Å². The highest BCUT2D eigenvalue weighted by Crippen LogP contribution is 2.38. The Morgan fingerprint density at radius 1 is 0.460 bits per heavy atom. The van der Waals surface area contributed by atoms with Crippen molar-refractivity contribution in [2.45, 2.75) is 12.3 Å². The standard InChI is InChI=1S/C45H32N4S/c1-4-12-29(13-5-1)32-21-24-39-37(26-32)38-27-33(30-14-6-2-7-15-30)22-25-40(38)49(39)45-47-43(31-16-8-3-9-17-31)46-44(48-45)34-20-23-36-35-18-10-11-19-41(35)50-42(36)28-34/h1-28,43-44,46H,(H,47,48). The smallest absolute Gasteiger partial charge is 0.206 e. The molecule has 0 bridgehead atoms. The monoisotopic (exact) mass is 660 g/mol. The molecule has 4 nitrogen and oxygen atoms in total. The van der Waals surface area contributed by atoms with Crippen LogP contribution in [-0.2, 0) is 0 Å². The molecule has 7 aromatic carbocycles. The number of rotatable bonds is 4. The van der Waals surface area contributed by atoms with Gasteiger partial charge in [-0.15, -0.1) is 11.3 Å². The number of hydrogen-bond donors (Lipinski definition) is 2. The van der Waals surface area contributed by atoms with Gasteiger partial charge in [0, 0.05) is 30.9 Å². The number of benzene rings is 7. The highest BCUT2D eigenvalue weighted by molar-refractivity contribution is 7.25. The Bertz CT molecular complexity index is 2610. The summed E-state index contributed by atoms with van der Waals surface area (Å²) in [4.78, 5) is 5.45. The molecule has 238 valence electrons. The number of nitrogens with one attached hydrogen (secondary N) is 2. The summed E-state index contributed by atoms with van der Waals surface area (Å²) < 4.78 is 4.89. The first kappa shape index (κ1) is 29.0. The van der Waals surface area contributed by atoms with Gasteiger partial charge in [0.15, 0.2) is 0 Å². The maximum atomic E-state index is 5.45. The second-order valence-corrected chi connectivity index (χ2v) is 14.0. The minimum absolute atomic E-state index is 0.147. The summed E-state index contributed by atoms with van der Waals surface area (Å²) in [6.07, 6.45) is -0.405. The highest BCUT2D eigenvalue weighted by atomic mass is 32.1. The Hall–Kier alpha value is -6.01. The van der Waals surface area contributed by atoms with Crippen LogP contribution >= 0.6 is 11.3 Å². The van der Waals surface area contributed by atoms with Crippen molar-refractivity contribution in [3.05, 3.63) is 181 Å². The summed E-state index contributed by atoms with van der Waals surface area (Å²) in [5.41, 5.74) is 9.32. The van der Waals surface area contributed by atoms with Crippen LogP contribution in [0, 0.1) is 0 Å². The summed E-state index contributed by atoms with van der Waals surface area (Å²) in [5, 5.41) is 12.6. The summed E-state index contributed by atoms with van der Waals surface area (Å²) >= 11 is 1.84. The summed E-state index contributed by atoms with van der Waals surface area (Å²) in [6.45, 7) is 0.